The van der Waals surface area contributed by atoms with Gasteiger partial charge in [0.25, 0.3) is 20.0 Å². The van der Waals surface area contributed by atoms with Crippen molar-refractivity contribution in [3.05, 3.63) is 60.2 Å². The van der Waals surface area contributed by atoms with Crippen molar-refractivity contribution in [1.29, 1.82) is 0 Å². The molecule has 2 rings (SSSR count). The zero-order chi connectivity index (χ0) is 19.5. The highest BCUT2D eigenvalue weighted by atomic mass is 32.3. The summed E-state index contributed by atoms with van der Waals surface area (Å²) in [6.07, 6.45) is 0. The van der Waals surface area contributed by atoms with Gasteiger partial charge in [-0.2, -0.15) is 12.6 Å². The molecule has 0 unspecified atom stereocenters. The maximum atomic E-state index is 13.1. The minimum absolute atomic E-state index is 0.0347. The molecule has 0 spiro atoms. The lowest BCUT2D eigenvalue weighted by Crippen LogP contribution is -2.49. The number of aliphatic carboxylic acids is 1. The van der Waals surface area contributed by atoms with Gasteiger partial charge < -0.3 is 5.11 Å². The third-order valence-electron chi connectivity index (χ3n) is 3.60. The molecule has 0 amide bonds. The lowest BCUT2D eigenvalue weighted by atomic mass is 10.2. The first-order chi connectivity index (χ1) is 12.1. The summed E-state index contributed by atoms with van der Waals surface area (Å²) in [5, 5.41) is 9.41. The molecular weight excluding hydrogens is 398 g/mol. The van der Waals surface area contributed by atoms with Crippen LogP contribution in [-0.4, -0.2) is 43.4 Å². The molecule has 0 bridgehead atoms. The molecule has 0 aliphatic carbocycles. The van der Waals surface area contributed by atoms with E-state index >= 15 is 0 Å². The first kappa shape index (κ1) is 20.4. The van der Waals surface area contributed by atoms with Gasteiger partial charge in [0.2, 0.25) is 0 Å². The van der Waals surface area contributed by atoms with Crippen molar-refractivity contribution in [2.45, 2.75) is 22.8 Å². The van der Waals surface area contributed by atoms with E-state index < -0.39 is 37.8 Å². The molecule has 2 aromatic rings. The van der Waals surface area contributed by atoms with Crippen molar-refractivity contribution >= 4 is 38.6 Å². The van der Waals surface area contributed by atoms with Crippen LogP contribution in [0.15, 0.2) is 64.4 Å². The van der Waals surface area contributed by atoms with Gasteiger partial charge in [-0.15, -0.1) is 0 Å². The number of carboxylic acid groups (broad SMARTS) is 1. The van der Waals surface area contributed by atoms with Crippen LogP contribution in [0.4, 0.5) is 0 Å². The number of benzene rings is 2. The topological polar surface area (TPSA) is 109 Å². The summed E-state index contributed by atoms with van der Waals surface area (Å²) in [6, 6.07) is 10.7. The number of hydrogen-bond acceptors (Lipinski definition) is 6. The molecule has 140 valence electrons. The number of thiol groups is 1. The molecule has 26 heavy (non-hydrogen) atoms. The summed E-state index contributed by atoms with van der Waals surface area (Å²) in [6.45, 7) is 1.50. The Balaban J connectivity index is 2.78. The molecular formula is C16H17NO6S3. The molecule has 0 radical (unpaired) electrons. The van der Waals surface area contributed by atoms with Gasteiger partial charge in [-0.3, -0.25) is 4.79 Å². The highest BCUT2D eigenvalue weighted by molar-refractivity contribution is 8.04. The van der Waals surface area contributed by atoms with E-state index in [0.29, 0.717) is 5.56 Å². The SMILES string of the molecule is Cc1ccccc1S(=O)(=O)N([C@@H](CS)C(=O)O)S(=O)(=O)c1ccccc1. The quantitative estimate of drug-likeness (QED) is 0.667. The van der Waals surface area contributed by atoms with Gasteiger partial charge in [0.15, 0.2) is 0 Å². The first-order valence-corrected chi connectivity index (χ1v) is 10.9. The van der Waals surface area contributed by atoms with Crippen LogP contribution in [0.5, 0.6) is 0 Å². The van der Waals surface area contributed by atoms with Gasteiger partial charge in [0, 0.05) is 5.75 Å². The molecule has 0 aromatic heterocycles. The van der Waals surface area contributed by atoms with Crippen LogP contribution in [0.1, 0.15) is 5.56 Å². The van der Waals surface area contributed by atoms with Crippen LogP contribution in [-0.2, 0) is 24.8 Å². The van der Waals surface area contributed by atoms with Crippen molar-refractivity contribution in [2.75, 3.05) is 5.75 Å². The van der Waals surface area contributed by atoms with E-state index in [0.717, 1.165) is 0 Å². The van der Waals surface area contributed by atoms with E-state index in [-0.39, 0.29) is 13.5 Å². The van der Waals surface area contributed by atoms with Crippen LogP contribution in [0, 0.1) is 6.92 Å². The molecule has 0 heterocycles. The minimum atomic E-state index is -4.68. The van der Waals surface area contributed by atoms with Crippen molar-refractivity contribution in [3.8, 4) is 0 Å². The lowest BCUT2D eigenvalue weighted by molar-refractivity contribution is -0.139. The Kier molecular flexibility index (Phi) is 6.12. The van der Waals surface area contributed by atoms with Crippen LogP contribution < -0.4 is 0 Å². The maximum Gasteiger partial charge on any atom is 0.324 e. The number of carboxylic acids is 1. The molecule has 1 atom stereocenters. The normalized spacial score (nSPS) is 13.5. The lowest BCUT2D eigenvalue weighted by Gasteiger charge is -2.27. The third-order valence-corrected chi connectivity index (χ3v) is 8.46. The highest BCUT2D eigenvalue weighted by Crippen LogP contribution is 2.29. The average Bonchev–Trinajstić information content (AvgIpc) is 2.59. The number of nitrogens with zero attached hydrogens (tertiary/aromatic N) is 1. The first-order valence-electron chi connectivity index (χ1n) is 7.38. The Morgan fingerprint density at radius 3 is 2.04 bits per heavy atom. The highest BCUT2D eigenvalue weighted by Gasteiger charge is 2.45. The predicted molar refractivity (Wildman–Crippen MR) is 99.1 cm³/mol. The Morgan fingerprint density at radius 2 is 1.54 bits per heavy atom. The Labute approximate surface area is 157 Å². The second kappa shape index (κ2) is 7.78. The van der Waals surface area contributed by atoms with Gasteiger partial charge >= 0.3 is 5.97 Å². The summed E-state index contributed by atoms with van der Waals surface area (Å²) in [5.74, 6) is -2.14. The molecule has 1 N–H and O–H groups in total. The van der Waals surface area contributed by atoms with Gasteiger partial charge in [0.1, 0.15) is 6.04 Å². The van der Waals surface area contributed by atoms with E-state index in [1.807, 2.05) is 0 Å². The number of aryl methyl sites for hydroxylation is 1. The number of rotatable bonds is 7. The van der Waals surface area contributed by atoms with E-state index in [4.69, 9.17) is 0 Å². The molecule has 0 saturated heterocycles. The monoisotopic (exact) mass is 415 g/mol. The molecule has 0 fully saturated rings. The Morgan fingerprint density at radius 1 is 1.00 bits per heavy atom. The van der Waals surface area contributed by atoms with E-state index in [1.54, 1.807) is 12.1 Å². The van der Waals surface area contributed by atoms with Crippen LogP contribution in [0.3, 0.4) is 0 Å². The van der Waals surface area contributed by atoms with Gasteiger partial charge in [0.05, 0.1) is 9.79 Å². The molecule has 10 heteroatoms. The molecule has 0 aliphatic rings. The summed E-state index contributed by atoms with van der Waals surface area (Å²) in [7, 11) is -9.34. The van der Waals surface area contributed by atoms with Crippen molar-refractivity contribution < 1.29 is 26.7 Å². The van der Waals surface area contributed by atoms with Gasteiger partial charge in [-0.1, -0.05) is 40.1 Å². The summed E-state index contributed by atoms with van der Waals surface area (Å²) >= 11 is 3.86. The van der Waals surface area contributed by atoms with Crippen LogP contribution >= 0.6 is 12.6 Å². The maximum absolute atomic E-state index is 13.1. The van der Waals surface area contributed by atoms with Gasteiger partial charge in [-0.25, -0.2) is 16.8 Å². The van der Waals surface area contributed by atoms with E-state index in [1.165, 1.54) is 49.4 Å². The molecule has 7 nitrogen and oxygen atoms in total. The summed E-state index contributed by atoms with van der Waals surface area (Å²) < 4.78 is 52.3. The fourth-order valence-corrected chi connectivity index (χ4v) is 7.04. The molecule has 2 aromatic carbocycles. The Bertz CT molecular complexity index is 1000. The van der Waals surface area contributed by atoms with Crippen molar-refractivity contribution in [3.63, 3.8) is 0 Å². The largest absolute Gasteiger partial charge is 0.480 e. The Hall–Kier alpha value is -1.88. The van der Waals surface area contributed by atoms with E-state index in [9.17, 15) is 26.7 Å². The summed E-state index contributed by atoms with van der Waals surface area (Å²) in [5.41, 5.74) is 0.295. The second-order valence-corrected chi connectivity index (χ2v) is 9.55. The fraction of sp³-hybridized carbons (Fsp3) is 0.188. The van der Waals surface area contributed by atoms with Crippen LogP contribution in [0.2, 0.25) is 0 Å². The van der Waals surface area contributed by atoms with Gasteiger partial charge in [-0.05, 0) is 30.7 Å². The summed E-state index contributed by atoms with van der Waals surface area (Å²) in [4.78, 5) is 11.0. The number of carbonyl (C=O) groups is 1. The number of sulfonamides is 2. The zero-order valence-corrected chi connectivity index (χ0v) is 16.2. The molecule has 0 aliphatic heterocycles. The second-order valence-electron chi connectivity index (χ2n) is 5.35. The van der Waals surface area contributed by atoms with Crippen molar-refractivity contribution in [2.24, 2.45) is 0 Å². The smallest absolute Gasteiger partial charge is 0.324 e. The van der Waals surface area contributed by atoms with Crippen LogP contribution in [0.25, 0.3) is 0 Å². The van der Waals surface area contributed by atoms with E-state index in [2.05, 4.69) is 12.6 Å². The zero-order valence-electron chi connectivity index (χ0n) is 13.7. The molecule has 0 saturated carbocycles. The average molecular weight is 416 g/mol. The van der Waals surface area contributed by atoms with Crippen molar-refractivity contribution in [1.82, 2.24) is 3.71 Å². The third kappa shape index (κ3) is 3.78. The fourth-order valence-electron chi connectivity index (χ4n) is 2.34. The standard InChI is InChI=1S/C16H17NO6S3/c1-12-7-5-6-10-15(12)26(22,23)17(14(11-24)16(18)19)25(20,21)13-8-3-2-4-9-13/h2-10,14,24H,11H2,1H3,(H,18,19)/t14-/m0/s1. The minimum Gasteiger partial charge on any atom is -0.480 e. The predicted octanol–water partition coefficient (Wildman–Crippen LogP) is 1.76. The number of hydrogen-bond donors (Lipinski definition) is 2.